The summed E-state index contributed by atoms with van der Waals surface area (Å²) < 4.78 is 0. The number of hydrogen-bond donors (Lipinski definition) is 0. The normalized spacial score (nSPS) is 15.0. The van der Waals surface area contributed by atoms with Crippen molar-refractivity contribution in [3.05, 3.63) is 0 Å². The summed E-state index contributed by atoms with van der Waals surface area (Å²) in [6.07, 6.45) is 14.4. The molecule has 0 heterocycles. The third-order valence-electron chi connectivity index (χ3n) is 4.60. The third kappa shape index (κ3) is 14.4. The maximum atomic E-state index is 2.46. The van der Waals surface area contributed by atoms with E-state index in [4.69, 9.17) is 0 Å². The van der Waals surface area contributed by atoms with E-state index in [1.54, 1.807) is 0 Å². The van der Waals surface area contributed by atoms with Crippen molar-refractivity contribution >= 4 is 0 Å². The Hall–Kier alpha value is 0. The lowest BCUT2D eigenvalue weighted by atomic mass is 9.91. The second-order valence-electron chi connectivity index (χ2n) is 8.14. The molecule has 0 aromatic carbocycles. The topological polar surface area (TPSA) is 0 Å². The van der Waals surface area contributed by atoms with Gasteiger partial charge >= 0.3 is 0 Å². The highest BCUT2D eigenvalue weighted by molar-refractivity contribution is 4.59. The zero-order chi connectivity index (χ0) is 15.4. The van der Waals surface area contributed by atoms with Gasteiger partial charge in [-0.1, -0.05) is 106 Å². The Bertz CT molecular complexity index is 192. The van der Waals surface area contributed by atoms with Gasteiger partial charge in [-0.3, -0.25) is 0 Å². The van der Waals surface area contributed by atoms with Crippen LogP contribution in [0.1, 0.15) is 106 Å². The molecule has 0 rings (SSSR count). The fraction of sp³-hybridized carbons (Fsp3) is 1.00. The van der Waals surface area contributed by atoms with E-state index in [2.05, 4.69) is 41.5 Å². The first-order chi connectivity index (χ1) is 9.41. The number of rotatable bonds is 13. The monoisotopic (exact) mass is 282 g/mol. The van der Waals surface area contributed by atoms with Gasteiger partial charge in [-0.25, -0.2) is 0 Å². The second kappa shape index (κ2) is 12.7. The Morgan fingerprint density at radius 1 is 0.400 bits per heavy atom. The first-order valence-corrected chi connectivity index (χ1v) is 9.41. The van der Waals surface area contributed by atoms with E-state index < -0.39 is 0 Å². The molecule has 20 heavy (non-hydrogen) atoms. The molecular formula is C20H42. The van der Waals surface area contributed by atoms with Crippen molar-refractivity contribution in [3.63, 3.8) is 0 Å². The lowest BCUT2D eigenvalue weighted by Crippen LogP contribution is -2.00. The van der Waals surface area contributed by atoms with Crippen LogP contribution in [0.5, 0.6) is 0 Å². The Kier molecular flexibility index (Phi) is 12.7. The first-order valence-electron chi connectivity index (χ1n) is 9.41. The van der Waals surface area contributed by atoms with Crippen molar-refractivity contribution in [2.75, 3.05) is 0 Å². The fourth-order valence-corrected chi connectivity index (χ4v) is 3.02. The molecular weight excluding hydrogens is 240 g/mol. The van der Waals surface area contributed by atoms with Crippen molar-refractivity contribution in [2.24, 2.45) is 23.7 Å². The van der Waals surface area contributed by atoms with E-state index in [-0.39, 0.29) is 0 Å². The fourth-order valence-electron chi connectivity index (χ4n) is 3.02. The molecule has 0 aliphatic rings. The van der Waals surface area contributed by atoms with Crippen LogP contribution in [0.3, 0.4) is 0 Å². The summed E-state index contributed by atoms with van der Waals surface area (Å²) in [6.45, 7) is 14.3. The van der Waals surface area contributed by atoms with Crippen LogP contribution < -0.4 is 0 Å². The van der Waals surface area contributed by atoms with Crippen LogP contribution in [0.25, 0.3) is 0 Å². The van der Waals surface area contributed by atoms with E-state index in [9.17, 15) is 0 Å². The van der Waals surface area contributed by atoms with Gasteiger partial charge in [0.1, 0.15) is 0 Å². The smallest absolute Gasteiger partial charge is 0.0443 e. The van der Waals surface area contributed by atoms with Crippen molar-refractivity contribution in [1.29, 1.82) is 0 Å². The summed E-state index contributed by atoms with van der Waals surface area (Å²) in [6, 6.07) is 0. The molecule has 0 heteroatoms. The van der Waals surface area contributed by atoms with Gasteiger partial charge in [0.2, 0.25) is 0 Å². The van der Waals surface area contributed by atoms with Crippen LogP contribution in [-0.2, 0) is 0 Å². The molecule has 0 saturated heterocycles. The van der Waals surface area contributed by atoms with Crippen LogP contribution in [0.4, 0.5) is 0 Å². The van der Waals surface area contributed by atoms with E-state index in [1.807, 2.05) is 0 Å². The van der Waals surface area contributed by atoms with Crippen molar-refractivity contribution < 1.29 is 0 Å². The molecule has 0 N–H and O–H groups in total. The minimum atomic E-state index is 0.882. The summed E-state index contributed by atoms with van der Waals surface area (Å²) in [5.74, 6) is 3.66. The minimum absolute atomic E-state index is 0.882. The summed E-state index contributed by atoms with van der Waals surface area (Å²) in [4.78, 5) is 0. The second-order valence-corrected chi connectivity index (χ2v) is 8.14. The van der Waals surface area contributed by atoms with Crippen molar-refractivity contribution in [3.8, 4) is 0 Å². The minimum Gasteiger partial charge on any atom is -0.0628 e. The van der Waals surface area contributed by atoms with Gasteiger partial charge in [-0.05, 0) is 23.7 Å². The lowest BCUT2D eigenvalue weighted by molar-refractivity contribution is 0.383. The Morgan fingerprint density at radius 3 is 1.15 bits per heavy atom. The molecule has 0 bridgehead atoms. The Balaban J connectivity index is 3.39. The molecule has 0 aliphatic heterocycles. The van der Waals surface area contributed by atoms with Gasteiger partial charge in [0.05, 0.1) is 0 Å². The standard InChI is InChI=1S/C20H42/c1-17(2)11-7-8-13-19(5)15-10-16-20(6)14-9-12-18(3)4/h17-20H,7-16H2,1-6H3. The van der Waals surface area contributed by atoms with Gasteiger partial charge in [-0.15, -0.1) is 0 Å². The molecule has 2 atom stereocenters. The zero-order valence-corrected chi connectivity index (χ0v) is 15.4. The SMILES string of the molecule is CC(C)CCCCC(C)CCCC(C)CCCC(C)C. The van der Waals surface area contributed by atoms with E-state index in [1.165, 1.54) is 64.2 Å². The zero-order valence-electron chi connectivity index (χ0n) is 15.4. The maximum Gasteiger partial charge on any atom is -0.0443 e. The van der Waals surface area contributed by atoms with E-state index in [0.717, 1.165) is 23.7 Å². The maximum absolute atomic E-state index is 2.46. The molecule has 2 unspecified atom stereocenters. The van der Waals surface area contributed by atoms with Crippen LogP contribution in [0.15, 0.2) is 0 Å². The molecule has 0 saturated carbocycles. The van der Waals surface area contributed by atoms with Gasteiger partial charge in [0.15, 0.2) is 0 Å². The van der Waals surface area contributed by atoms with Crippen LogP contribution in [0.2, 0.25) is 0 Å². The molecule has 0 aromatic rings. The van der Waals surface area contributed by atoms with Gasteiger partial charge in [0.25, 0.3) is 0 Å². The predicted octanol–water partition coefficient (Wildman–Crippen LogP) is 7.47. The lowest BCUT2D eigenvalue weighted by Gasteiger charge is -2.15. The molecule has 0 fully saturated rings. The highest BCUT2D eigenvalue weighted by Gasteiger charge is 2.06. The quantitative estimate of drug-likeness (QED) is 0.307. The summed E-state index contributed by atoms with van der Waals surface area (Å²) in [5.41, 5.74) is 0. The molecule has 0 spiro atoms. The molecule has 0 radical (unpaired) electrons. The van der Waals surface area contributed by atoms with E-state index in [0.29, 0.717) is 0 Å². The van der Waals surface area contributed by atoms with Crippen LogP contribution in [0, 0.1) is 23.7 Å². The molecule has 0 aliphatic carbocycles. The number of hydrogen-bond acceptors (Lipinski definition) is 0. The van der Waals surface area contributed by atoms with E-state index >= 15 is 0 Å². The summed E-state index contributed by atoms with van der Waals surface area (Å²) in [5, 5.41) is 0. The summed E-state index contributed by atoms with van der Waals surface area (Å²) >= 11 is 0. The molecule has 0 nitrogen and oxygen atoms in total. The van der Waals surface area contributed by atoms with Crippen LogP contribution in [-0.4, -0.2) is 0 Å². The Morgan fingerprint density at radius 2 is 0.700 bits per heavy atom. The van der Waals surface area contributed by atoms with Gasteiger partial charge in [0, 0.05) is 0 Å². The van der Waals surface area contributed by atoms with Gasteiger partial charge < -0.3 is 0 Å². The predicted molar refractivity (Wildman–Crippen MR) is 94.2 cm³/mol. The first kappa shape index (κ1) is 20.0. The largest absolute Gasteiger partial charge is 0.0628 e. The highest BCUT2D eigenvalue weighted by Crippen LogP contribution is 2.21. The van der Waals surface area contributed by atoms with Crippen molar-refractivity contribution in [2.45, 2.75) is 106 Å². The van der Waals surface area contributed by atoms with Crippen molar-refractivity contribution in [1.82, 2.24) is 0 Å². The highest BCUT2D eigenvalue weighted by atomic mass is 14.1. The molecule has 0 amide bonds. The van der Waals surface area contributed by atoms with Gasteiger partial charge in [-0.2, -0.15) is 0 Å². The average molecular weight is 283 g/mol. The molecule has 0 aromatic heterocycles. The Labute approximate surface area is 130 Å². The molecule has 122 valence electrons. The average Bonchev–Trinajstić information content (AvgIpc) is 2.34. The third-order valence-corrected chi connectivity index (χ3v) is 4.60. The summed E-state index contributed by atoms with van der Waals surface area (Å²) in [7, 11) is 0. The van der Waals surface area contributed by atoms with Crippen LogP contribution >= 0.6 is 0 Å². The number of unbranched alkanes of at least 4 members (excludes halogenated alkanes) is 1.